The number of ether oxygens (including phenoxy) is 1. The molecule has 10 heteroatoms. The van der Waals surface area contributed by atoms with Gasteiger partial charge in [-0.1, -0.05) is 179 Å². The molecule has 3 atom stereocenters. The average molecular weight is 879 g/mol. The third-order valence-electron chi connectivity index (χ3n) is 10.7. The Hall–Kier alpha value is -2.03. The summed E-state index contributed by atoms with van der Waals surface area (Å²) in [5.74, 6) is -0.634. The van der Waals surface area contributed by atoms with E-state index < -0.39 is 26.6 Å². The number of nitrogens with zero attached hydrogens (tertiary/aromatic N) is 1. The number of phosphoric acid groups is 1. The Kier molecular flexibility index (Phi) is 40.6. The molecule has 0 aromatic heterocycles. The molecule has 61 heavy (non-hydrogen) atoms. The number of hydrogen-bond donors (Lipinski definition) is 1. The Morgan fingerprint density at radius 1 is 0.574 bits per heavy atom. The van der Waals surface area contributed by atoms with Gasteiger partial charge in [0.1, 0.15) is 19.3 Å². The van der Waals surface area contributed by atoms with Crippen molar-refractivity contribution in [2.75, 3.05) is 40.9 Å². The zero-order valence-corrected chi connectivity index (χ0v) is 41.3. The summed E-state index contributed by atoms with van der Waals surface area (Å²) in [4.78, 5) is 39.5. The van der Waals surface area contributed by atoms with Gasteiger partial charge >= 0.3 is 5.97 Å². The molecule has 0 aliphatic carbocycles. The molecule has 0 aliphatic heterocycles. The number of likely N-dealkylation sites (N-methyl/N-ethyl adjacent to an activating group) is 1. The molecule has 0 bridgehead atoms. The van der Waals surface area contributed by atoms with Gasteiger partial charge in [0.2, 0.25) is 5.91 Å². The highest BCUT2D eigenvalue weighted by Crippen LogP contribution is 2.38. The van der Waals surface area contributed by atoms with Crippen LogP contribution in [0.5, 0.6) is 0 Å². The van der Waals surface area contributed by atoms with E-state index in [0.717, 1.165) is 70.6 Å². The molecule has 356 valence electrons. The summed E-state index contributed by atoms with van der Waals surface area (Å²) >= 11 is 0. The minimum Gasteiger partial charge on any atom is -0.756 e. The molecule has 0 aliphatic rings. The van der Waals surface area contributed by atoms with Crippen LogP contribution in [0.4, 0.5) is 0 Å². The van der Waals surface area contributed by atoms with Crippen molar-refractivity contribution in [2.45, 2.75) is 226 Å². The van der Waals surface area contributed by atoms with E-state index in [1.165, 1.54) is 96.3 Å². The molecule has 0 saturated carbocycles. The molecule has 0 aromatic rings. The zero-order valence-electron chi connectivity index (χ0n) is 40.4. The van der Waals surface area contributed by atoms with Crippen LogP contribution in [-0.2, 0) is 27.9 Å². The number of amides is 1. The topological polar surface area (TPSA) is 114 Å². The Bertz CT molecular complexity index is 1200. The first-order chi connectivity index (χ1) is 29.4. The molecular weight excluding hydrogens is 784 g/mol. The Labute approximate surface area is 376 Å². The number of carbonyl (C=O) groups is 2. The van der Waals surface area contributed by atoms with E-state index in [2.05, 4.69) is 56.5 Å². The lowest BCUT2D eigenvalue weighted by atomic mass is 10.1. The number of hydrogen-bond acceptors (Lipinski definition) is 7. The number of rotatable bonds is 44. The quantitative estimate of drug-likeness (QED) is 0.0213. The predicted octanol–water partition coefficient (Wildman–Crippen LogP) is 13.6. The fraction of sp³-hybridized carbons (Fsp3) is 0.804. The second-order valence-electron chi connectivity index (χ2n) is 18.0. The van der Waals surface area contributed by atoms with E-state index in [0.29, 0.717) is 23.9 Å². The van der Waals surface area contributed by atoms with Gasteiger partial charge in [-0.05, 0) is 70.3 Å². The molecule has 0 spiro atoms. The van der Waals surface area contributed by atoms with E-state index in [4.69, 9.17) is 13.8 Å². The molecule has 0 heterocycles. The summed E-state index contributed by atoms with van der Waals surface area (Å²) in [6.07, 6.45) is 48.1. The lowest BCUT2D eigenvalue weighted by Gasteiger charge is -2.30. The molecule has 0 saturated heterocycles. The molecule has 9 nitrogen and oxygen atoms in total. The van der Waals surface area contributed by atoms with Crippen LogP contribution in [0.25, 0.3) is 0 Å². The second-order valence-corrected chi connectivity index (χ2v) is 19.4. The van der Waals surface area contributed by atoms with Gasteiger partial charge in [0, 0.05) is 12.8 Å². The van der Waals surface area contributed by atoms with E-state index in [1.807, 2.05) is 33.3 Å². The Morgan fingerprint density at radius 3 is 1.57 bits per heavy atom. The third-order valence-corrected chi connectivity index (χ3v) is 11.7. The van der Waals surface area contributed by atoms with Crippen molar-refractivity contribution < 1.29 is 37.3 Å². The Morgan fingerprint density at radius 2 is 1.03 bits per heavy atom. The molecule has 3 unspecified atom stereocenters. The lowest BCUT2D eigenvalue weighted by molar-refractivity contribution is -0.870. The Balaban J connectivity index is 5.55. The highest BCUT2D eigenvalue weighted by molar-refractivity contribution is 7.45. The van der Waals surface area contributed by atoms with E-state index in [9.17, 15) is 19.0 Å². The summed E-state index contributed by atoms with van der Waals surface area (Å²) in [5, 5.41) is 2.96. The molecule has 1 N–H and O–H groups in total. The molecule has 0 fully saturated rings. The summed E-state index contributed by atoms with van der Waals surface area (Å²) in [5.41, 5.74) is 0. The smallest absolute Gasteiger partial charge is 0.306 e. The number of esters is 1. The first kappa shape index (κ1) is 59.0. The van der Waals surface area contributed by atoms with Gasteiger partial charge < -0.3 is 28.5 Å². The molecule has 0 radical (unpaired) electrons. The van der Waals surface area contributed by atoms with Gasteiger partial charge in [0.05, 0.1) is 33.8 Å². The van der Waals surface area contributed by atoms with Gasteiger partial charge in [0.15, 0.2) is 0 Å². The van der Waals surface area contributed by atoms with Crippen molar-refractivity contribution in [2.24, 2.45) is 0 Å². The van der Waals surface area contributed by atoms with Gasteiger partial charge in [0.25, 0.3) is 7.82 Å². The highest BCUT2D eigenvalue weighted by Gasteiger charge is 2.27. The maximum atomic E-state index is 13.3. The van der Waals surface area contributed by atoms with Gasteiger partial charge in [-0.25, -0.2) is 0 Å². The van der Waals surface area contributed by atoms with Crippen LogP contribution in [0.1, 0.15) is 213 Å². The van der Waals surface area contributed by atoms with Crippen molar-refractivity contribution in [3.8, 4) is 0 Å². The summed E-state index contributed by atoms with van der Waals surface area (Å²) < 4.78 is 30.0. The summed E-state index contributed by atoms with van der Waals surface area (Å²) in [6, 6.07) is -0.917. The minimum atomic E-state index is -4.70. The second kappa shape index (κ2) is 42.0. The number of unbranched alkanes of at least 4 members (excludes halogenated alkanes) is 22. The van der Waals surface area contributed by atoms with E-state index in [-0.39, 0.29) is 31.3 Å². The monoisotopic (exact) mass is 879 g/mol. The molecule has 0 aromatic carbocycles. The van der Waals surface area contributed by atoms with Crippen LogP contribution in [0.15, 0.2) is 48.6 Å². The predicted molar refractivity (Wildman–Crippen MR) is 256 cm³/mol. The number of carbonyl (C=O) groups excluding carboxylic acids is 2. The van der Waals surface area contributed by atoms with E-state index in [1.54, 1.807) is 6.08 Å². The van der Waals surface area contributed by atoms with E-state index >= 15 is 0 Å². The maximum Gasteiger partial charge on any atom is 0.306 e. The number of phosphoric ester groups is 1. The van der Waals surface area contributed by atoms with Crippen LogP contribution in [0.3, 0.4) is 0 Å². The number of quaternary nitrogens is 1. The maximum absolute atomic E-state index is 13.3. The first-order valence-electron chi connectivity index (χ1n) is 24.9. The van der Waals surface area contributed by atoms with Crippen molar-refractivity contribution in [1.29, 1.82) is 0 Å². The van der Waals surface area contributed by atoms with Crippen LogP contribution in [-0.4, -0.2) is 69.4 Å². The SMILES string of the molecule is CCCC/C=C\CCCCCCCC(=O)OC(/C=C/CCCCCCCCCCC)C(COP(=O)([O-])OCC[N+](C)(C)C)NC(=O)CC/C=C/C/C=C\CCCCCCCC. The van der Waals surface area contributed by atoms with Crippen LogP contribution >= 0.6 is 7.82 Å². The average Bonchev–Trinajstić information content (AvgIpc) is 3.21. The largest absolute Gasteiger partial charge is 0.756 e. The third kappa shape index (κ3) is 43.0. The lowest BCUT2D eigenvalue weighted by Crippen LogP contribution is -2.47. The first-order valence-corrected chi connectivity index (χ1v) is 26.4. The fourth-order valence-corrected chi connectivity index (χ4v) is 7.51. The van der Waals surface area contributed by atoms with Crippen molar-refractivity contribution in [3.05, 3.63) is 48.6 Å². The van der Waals surface area contributed by atoms with Crippen molar-refractivity contribution >= 4 is 19.7 Å². The number of allylic oxidation sites excluding steroid dienone is 7. The molecule has 1 amide bonds. The van der Waals surface area contributed by atoms with Crippen molar-refractivity contribution in [1.82, 2.24) is 5.32 Å². The molecule has 0 rings (SSSR count). The summed E-state index contributed by atoms with van der Waals surface area (Å²) in [7, 11) is 1.14. The summed E-state index contributed by atoms with van der Waals surface area (Å²) in [6.45, 7) is 6.71. The van der Waals surface area contributed by atoms with Crippen LogP contribution < -0.4 is 10.2 Å². The number of nitrogens with one attached hydrogen (secondary N) is 1. The van der Waals surface area contributed by atoms with Crippen LogP contribution in [0.2, 0.25) is 0 Å². The molecular formula is C51H95N2O7P. The fourth-order valence-electron chi connectivity index (χ4n) is 6.79. The standard InChI is InChI=1S/C51H95N2O7P/c1-7-10-13-16-19-22-25-26-29-31-34-37-40-43-50(54)52-48(47-59-61(56,57)58-46-45-53(4,5)6)49(42-39-36-33-30-27-23-20-17-14-11-8-2)60-51(55)44-41-38-35-32-28-24-21-18-15-12-9-3/h18,21,26,29,34,37,39,42,48-49H,7-17,19-20,22-25,27-28,30-33,35-36,38,40-41,43-47H2,1-6H3,(H-,52,54,56,57)/b21-18-,29-26-,37-34+,42-39+. The van der Waals surface area contributed by atoms with Crippen LogP contribution in [0, 0.1) is 0 Å². The normalized spacial score (nSPS) is 14.4. The van der Waals surface area contributed by atoms with Gasteiger partial charge in [-0.3, -0.25) is 14.2 Å². The van der Waals surface area contributed by atoms with Gasteiger partial charge in [-0.2, -0.15) is 0 Å². The van der Waals surface area contributed by atoms with Crippen molar-refractivity contribution in [3.63, 3.8) is 0 Å². The van der Waals surface area contributed by atoms with Gasteiger partial charge in [-0.15, -0.1) is 0 Å². The minimum absolute atomic E-state index is 0.0331. The zero-order chi connectivity index (χ0) is 45.1. The highest BCUT2D eigenvalue weighted by atomic mass is 31.2.